The van der Waals surface area contributed by atoms with Crippen molar-refractivity contribution in [3.8, 4) is 0 Å². The van der Waals surface area contributed by atoms with Gasteiger partial charge in [0.05, 0.1) is 5.60 Å². The molecule has 0 bridgehead atoms. The lowest BCUT2D eigenvalue weighted by atomic mass is 9.90. The van der Waals surface area contributed by atoms with Crippen LogP contribution < -0.4 is 5.32 Å². The van der Waals surface area contributed by atoms with E-state index in [1.54, 1.807) is 0 Å². The molecule has 0 saturated carbocycles. The van der Waals surface area contributed by atoms with Crippen LogP contribution in [-0.4, -0.2) is 32.1 Å². The molecular formula is C19H45NO2. The van der Waals surface area contributed by atoms with Crippen molar-refractivity contribution in [2.24, 2.45) is 5.41 Å². The van der Waals surface area contributed by atoms with Gasteiger partial charge >= 0.3 is 0 Å². The third-order valence-corrected chi connectivity index (χ3v) is 3.01. The fourth-order valence-electron chi connectivity index (χ4n) is 1.47. The zero-order valence-electron chi connectivity index (χ0n) is 17.4. The molecule has 138 valence electrons. The van der Waals surface area contributed by atoms with E-state index in [0.29, 0.717) is 18.4 Å². The lowest BCUT2D eigenvalue weighted by molar-refractivity contribution is -0.109. The van der Waals surface area contributed by atoms with E-state index in [1.165, 1.54) is 6.42 Å². The van der Waals surface area contributed by atoms with E-state index in [2.05, 4.69) is 26.1 Å². The summed E-state index contributed by atoms with van der Waals surface area (Å²) in [6.07, 6.45) is 3.58. The molecule has 0 unspecified atom stereocenters. The van der Waals surface area contributed by atoms with Crippen molar-refractivity contribution < 1.29 is 9.53 Å². The van der Waals surface area contributed by atoms with Crippen LogP contribution in [0.5, 0.6) is 0 Å². The number of ether oxygens (including phenoxy) is 1. The minimum atomic E-state index is -0.129. The summed E-state index contributed by atoms with van der Waals surface area (Å²) in [5.41, 5.74) is 0.352. The first-order chi connectivity index (χ1) is 10.2. The van der Waals surface area contributed by atoms with Crippen LogP contribution in [0.1, 0.15) is 88.5 Å². The quantitative estimate of drug-likeness (QED) is 0.602. The Morgan fingerprint density at radius 3 is 1.68 bits per heavy atom. The molecular weight excluding hydrogens is 274 g/mol. The van der Waals surface area contributed by atoms with Gasteiger partial charge in [0, 0.05) is 13.0 Å². The van der Waals surface area contributed by atoms with Crippen LogP contribution >= 0.6 is 0 Å². The normalized spacial score (nSPS) is 10.1. The Bertz CT molecular complexity index is 202. The van der Waals surface area contributed by atoms with Gasteiger partial charge in [0.25, 0.3) is 0 Å². The Morgan fingerprint density at radius 2 is 1.45 bits per heavy atom. The predicted molar refractivity (Wildman–Crippen MR) is 102 cm³/mol. The van der Waals surface area contributed by atoms with E-state index < -0.39 is 0 Å². The van der Waals surface area contributed by atoms with Gasteiger partial charge in [-0.05, 0) is 52.6 Å². The second-order valence-corrected chi connectivity index (χ2v) is 5.95. The Balaban J connectivity index is -0.000000121. The average Bonchev–Trinajstić information content (AvgIpc) is 2.50. The number of hydrogen-bond acceptors (Lipinski definition) is 3. The maximum atomic E-state index is 10.0. The van der Waals surface area contributed by atoms with Crippen LogP contribution in [0.25, 0.3) is 0 Å². The first-order valence-electron chi connectivity index (χ1n) is 8.97. The van der Waals surface area contributed by atoms with Gasteiger partial charge in [0.2, 0.25) is 0 Å². The van der Waals surface area contributed by atoms with Crippen molar-refractivity contribution in [2.75, 3.05) is 20.2 Å². The van der Waals surface area contributed by atoms with Crippen molar-refractivity contribution >= 4 is 6.29 Å². The number of aldehydes is 1. The van der Waals surface area contributed by atoms with Gasteiger partial charge < -0.3 is 14.8 Å². The molecule has 0 aromatic carbocycles. The maximum Gasteiger partial charge on any atom is 0.120 e. The van der Waals surface area contributed by atoms with E-state index in [4.69, 9.17) is 4.74 Å². The second-order valence-electron chi connectivity index (χ2n) is 5.95. The molecule has 0 aromatic heterocycles. The summed E-state index contributed by atoms with van der Waals surface area (Å²) in [6.45, 7) is 22.5. The topological polar surface area (TPSA) is 38.3 Å². The van der Waals surface area contributed by atoms with Crippen LogP contribution in [0.4, 0.5) is 0 Å². The lowest BCUT2D eigenvalue weighted by Crippen LogP contribution is -2.25. The molecule has 0 aliphatic carbocycles. The van der Waals surface area contributed by atoms with Crippen LogP contribution in [-0.2, 0) is 9.53 Å². The van der Waals surface area contributed by atoms with Gasteiger partial charge in [-0.1, -0.05) is 48.5 Å². The van der Waals surface area contributed by atoms with Crippen molar-refractivity contribution in [3.63, 3.8) is 0 Å². The summed E-state index contributed by atoms with van der Waals surface area (Å²) >= 11 is 0. The Labute approximate surface area is 141 Å². The largest absolute Gasteiger partial charge is 0.376 e. The van der Waals surface area contributed by atoms with Crippen LogP contribution in [0, 0.1) is 5.41 Å². The van der Waals surface area contributed by atoms with E-state index in [0.717, 1.165) is 19.3 Å². The Hall–Kier alpha value is -0.410. The molecule has 0 aliphatic heterocycles. The van der Waals surface area contributed by atoms with Crippen molar-refractivity contribution in [3.05, 3.63) is 0 Å². The molecule has 0 rings (SSSR count). The molecule has 0 heterocycles. The van der Waals surface area contributed by atoms with Crippen molar-refractivity contribution in [1.29, 1.82) is 0 Å². The minimum Gasteiger partial charge on any atom is -0.376 e. The van der Waals surface area contributed by atoms with E-state index in [1.807, 2.05) is 55.5 Å². The highest BCUT2D eigenvalue weighted by Gasteiger charge is 2.15. The highest BCUT2D eigenvalue weighted by atomic mass is 16.5. The molecule has 0 aliphatic rings. The lowest BCUT2D eigenvalue weighted by Gasteiger charge is -2.23. The summed E-state index contributed by atoms with van der Waals surface area (Å²) in [4.78, 5) is 10.0. The number of nitrogens with one attached hydrogen (secondary N) is 1. The van der Waals surface area contributed by atoms with E-state index in [9.17, 15) is 4.79 Å². The summed E-state index contributed by atoms with van der Waals surface area (Å²) < 4.78 is 5.37. The van der Waals surface area contributed by atoms with Crippen LogP contribution in [0.15, 0.2) is 0 Å². The molecule has 0 atom stereocenters. The Kier molecular flexibility index (Phi) is 27.7. The Morgan fingerprint density at radius 1 is 1.00 bits per heavy atom. The van der Waals surface area contributed by atoms with Gasteiger partial charge in [-0.25, -0.2) is 0 Å². The SMILES string of the molecule is CC.CC.CCC(C)(C)CNC.CCOC(C)(C)CCC=O. The zero-order chi connectivity index (χ0) is 18.7. The van der Waals surface area contributed by atoms with Crippen molar-refractivity contribution in [2.45, 2.75) is 94.1 Å². The molecule has 3 nitrogen and oxygen atoms in total. The van der Waals surface area contributed by atoms with E-state index in [-0.39, 0.29) is 5.60 Å². The van der Waals surface area contributed by atoms with Crippen LogP contribution in [0.2, 0.25) is 0 Å². The predicted octanol–water partition coefficient (Wildman–Crippen LogP) is 5.48. The summed E-state index contributed by atoms with van der Waals surface area (Å²) in [6, 6.07) is 0. The summed E-state index contributed by atoms with van der Waals surface area (Å²) in [5, 5.41) is 3.16. The number of carbonyl (C=O) groups is 1. The molecule has 0 aromatic rings. The number of carbonyl (C=O) groups excluding carboxylic acids is 1. The first-order valence-corrected chi connectivity index (χ1v) is 8.97. The monoisotopic (exact) mass is 319 g/mol. The van der Waals surface area contributed by atoms with Gasteiger partial charge in [-0.3, -0.25) is 0 Å². The standard InChI is InChI=1S/C8H16O2.C7H17N.2C2H6/c1-4-10-8(2,3)6-5-7-9;1-5-7(2,3)6-8-4;2*1-2/h7H,4-6H2,1-3H3;8H,5-6H2,1-4H3;2*1-2H3. The summed E-state index contributed by atoms with van der Waals surface area (Å²) in [7, 11) is 2.00. The first kappa shape index (κ1) is 29.6. The molecule has 0 radical (unpaired) electrons. The van der Waals surface area contributed by atoms with Gasteiger partial charge in [-0.2, -0.15) is 0 Å². The van der Waals surface area contributed by atoms with E-state index >= 15 is 0 Å². The zero-order valence-corrected chi connectivity index (χ0v) is 17.4. The third kappa shape index (κ3) is 27.9. The fraction of sp³-hybridized carbons (Fsp3) is 0.947. The highest BCUT2D eigenvalue weighted by molar-refractivity contribution is 5.49. The average molecular weight is 320 g/mol. The smallest absolute Gasteiger partial charge is 0.120 e. The summed E-state index contributed by atoms with van der Waals surface area (Å²) in [5.74, 6) is 0. The molecule has 0 fully saturated rings. The molecule has 0 spiro atoms. The molecule has 0 saturated heterocycles. The fourth-order valence-corrected chi connectivity index (χ4v) is 1.47. The molecule has 22 heavy (non-hydrogen) atoms. The number of hydrogen-bond donors (Lipinski definition) is 1. The van der Waals surface area contributed by atoms with Crippen molar-refractivity contribution in [1.82, 2.24) is 5.32 Å². The number of rotatable bonds is 8. The maximum absolute atomic E-state index is 10.0. The van der Waals surface area contributed by atoms with Gasteiger partial charge in [0.15, 0.2) is 0 Å². The third-order valence-electron chi connectivity index (χ3n) is 3.01. The van der Waals surface area contributed by atoms with Crippen LogP contribution in [0.3, 0.4) is 0 Å². The molecule has 1 N–H and O–H groups in total. The minimum absolute atomic E-state index is 0.129. The molecule has 3 heteroatoms. The van der Waals surface area contributed by atoms with Gasteiger partial charge in [-0.15, -0.1) is 0 Å². The highest BCUT2D eigenvalue weighted by Crippen LogP contribution is 2.17. The van der Waals surface area contributed by atoms with Gasteiger partial charge in [0.1, 0.15) is 6.29 Å². The molecule has 0 amide bonds. The second kappa shape index (κ2) is 20.6.